The van der Waals surface area contributed by atoms with Crippen molar-refractivity contribution < 1.29 is 4.74 Å². The molecule has 4 aromatic heterocycles. The van der Waals surface area contributed by atoms with E-state index in [0.29, 0.717) is 35.9 Å². The van der Waals surface area contributed by atoms with Gasteiger partial charge >= 0.3 is 0 Å². The third-order valence-corrected chi connectivity index (χ3v) is 4.15. The summed E-state index contributed by atoms with van der Waals surface area (Å²) in [6, 6.07) is 7.56. The first kappa shape index (κ1) is 18.6. The number of hydrogen-bond acceptors (Lipinski definition) is 9. The van der Waals surface area contributed by atoms with Crippen molar-refractivity contribution in [1.29, 1.82) is 0 Å². The van der Waals surface area contributed by atoms with Crippen molar-refractivity contribution in [3.05, 3.63) is 59.9 Å². The van der Waals surface area contributed by atoms with Gasteiger partial charge in [-0.25, -0.2) is 14.6 Å². The van der Waals surface area contributed by atoms with Crippen LogP contribution in [0.25, 0.3) is 22.8 Å². The first-order valence-corrected chi connectivity index (χ1v) is 8.89. The first-order valence-electron chi connectivity index (χ1n) is 8.89. The molecule has 0 aliphatic heterocycles. The van der Waals surface area contributed by atoms with Gasteiger partial charge in [0.2, 0.25) is 5.95 Å². The molecular formula is C19H19N9O. The lowest BCUT2D eigenvalue weighted by atomic mass is 10.2. The van der Waals surface area contributed by atoms with Gasteiger partial charge in [-0.15, -0.1) is 5.10 Å². The van der Waals surface area contributed by atoms with E-state index in [0.717, 1.165) is 17.1 Å². The molecule has 0 saturated carbocycles. The molecule has 29 heavy (non-hydrogen) atoms. The highest BCUT2D eigenvalue weighted by Crippen LogP contribution is 2.23. The number of nitrogens with two attached hydrogens (primary N) is 1. The Hall–Kier alpha value is -3.79. The fourth-order valence-corrected chi connectivity index (χ4v) is 2.88. The van der Waals surface area contributed by atoms with Gasteiger partial charge < -0.3 is 10.5 Å². The van der Waals surface area contributed by atoms with Gasteiger partial charge in [-0.3, -0.25) is 15.0 Å². The number of anilines is 1. The van der Waals surface area contributed by atoms with Crippen LogP contribution in [0.2, 0.25) is 0 Å². The van der Waals surface area contributed by atoms with Crippen molar-refractivity contribution in [3.63, 3.8) is 0 Å². The Labute approximate surface area is 166 Å². The predicted molar refractivity (Wildman–Crippen MR) is 105 cm³/mol. The van der Waals surface area contributed by atoms with Crippen molar-refractivity contribution in [2.75, 3.05) is 12.8 Å². The molecular weight excluding hydrogens is 370 g/mol. The van der Waals surface area contributed by atoms with Crippen LogP contribution in [0.3, 0.4) is 0 Å². The standard InChI is InChI=1S/C19H19N9O/c1-12-18(22-7-6-21-12)16-8-15(24-19(20)25-16)17-10-28(27-26-17)9-13-4-3-5-14(23-13)11-29-2/h3-8,10H,9,11H2,1-2H3,(H2,20,24,25). The highest BCUT2D eigenvalue weighted by molar-refractivity contribution is 5.65. The molecule has 0 bridgehead atoms. The van der Waals surface area contributed by atoms with Gasteiger partial charge in [0.05, 0.1) is 47.8 Å². The predicted octanol–water partition coefficient (Wildman–Crippen LogP) is 1.67. The van der Waals surface area contributed by atoms with Gasteiger partial charge in [-0.1, -0.05) is 11.3 Å². The van der Waals surface area contributed by atoms with Crippen LogP contribution < -0.4 is 5.73 Å². The minimum Gasteiger partial charge on any atom is -0.378 e. The average molecular weight is 389 g/mol. The summed E-state index contributed by atoms with van der Waals surface area (Å²) in [5.41, 5.74) is 10.8. The Kier molecular flexibility index (Phi) is 5.16. The maximum absolute atomic E-state index is 5.91. The number of nitrogens with zero attached hydrogens (tertiary/aromatic N) is 8. The Morgan fingerprint density at radius 3 is 2.62 bits per heavy atom. The van der Waals surface area contributed by atoms with E-state index in [4.69, 9.17) is 10.5 Å². The summed E-state index contributed by atoms with van der Waals surface area (Å²) in [6.45, 7) is 2.80. The largest absolute Gasteiger partial charge is 0.378 e. The number of pyridine rings is 1. The number of rotatable bonds is 6. The fourth-order valence-electron chi connectivity index (χ4n) is 2.88. The summed E-state index contributed by atoms with van der Waals surface area (Å²) in [6.07, 6.45) is 5.03. The van der Waals surface area contributed by atoms with Crippen LogP contribution in [0, 0.1) is 6.92 Å². The third kappa shape index (κ3) is 4.22. The Morgan fingerprint density at radius 2 is 1.79 bits per heavy atom. The number of methoxy groups -OCH3 is 1. The summed E-state index contributed by atoms with van der Waals surface area (Å²) in [7, 11) is 1.64. The topological polar surface area (TPSA) is 130 Å². The van der Waals surface area contributed by atoms with Crippen LogP contribution in [0.15, 0.2) is 42.9 Å². The number of aryl methyl sites for hydroxylation is 1. The lowest BCUT2D eigenvalue weighted by Gasteiger charge is -2.05. The molecule has 0 fully saturated rings. The zero-order valence-corrected chi connectivity index (χ0v) is 16.0. The molecule has 0 unspecified atom stereocenters. The molecule has 0 aliphatic carbocycles. The third-order valence-electron chi connectivity index (χ3n) is 4.15. The molecule has 0 amide bonds. The number of hydrogen-bond donors (Lipinski definition) is 1. The highest BCUT2D eigenvalue weighted by Gasteiger charge is 2.13. The summed E-state index contributed by atoms with van der Waals surface area (Å²) in [4.78, 5) is 21.7. The van der Waals surface area contributed by atoms with Crippen molar-refractivity contribution in [2.45, 2.75) is 20.1 Å². The monoisotopic (exact) mass is 389 g/mol. The van der Waals surface area contributed by atoms with Gasteiger partial charge in [0.15, 0.2) is 0 Å². The summed E-state index contributed by atoms with van der Waals surface area (Å²) in [5, 5.41) is 8.40. The molecule has 4 aromatic rings. The molecule has 0 aromatic carbocycles. The van der Waals surface area contributed by atoms with Gasteiger partial charge in [0, 0.05) is 19.5 Å². The molecule has 4 rings (SSSR count). The van der Waals surface area contributed by atoms with E-state index < -0.39 is 0 Å². The second-order valence-corrected chi connectivity index (χ2v) is 6.34. The van der Waals surface area contributed by atoms with Crippen molar-refractivity contribution in [1.82, 2.24) is 39.9 Å². The minimum atomic E-state index is 0.131. The molecule has 0 aliphatic rings. The molecule has 10 heteroatoms. The van der Waals surface area contributed by atoms with Crippen LogP contribution in [-0.2, 0) is 17.9 Å². The smallest absolute Gasteiger partial charge is 0.221 e. The van der Waals surface area contributed by atoms with Crippen molar-refractivity contribution >= 4 is 5.95 Å². The zero-order valence-electron chi connectivity index (χ0n) is 16.0. The van der Waals surface area contributed by atoms with Crippen LogP contribution in [0.1, 0.15) is 17.1 Å². The Balaban J connectivity index is 1.61. The molecule has 0 saturated heterocycles. The lowest BCUT2D eigenvalue weighted by molar-refractivity contribution is 0.181. The SMILES string of the molecule is COCc1cccc(Cn2cc(-c3cc(-c4nccnc4C)nc(N)n3)nn2)n1. The van der Waals surface area contributed by atoms with E-state index >= 15 is 0 Å². The Morgan fingerprint density at radius 1 is 1.00 bits per heavy atom. The summed E-state index contributed by atoms with van der Waals surface area (Å²) < 4.78 is 6.82. The van der Waals surface area contributed by atoms with Gasteiger partial charge in [0.25, 0.3) is 0 Å². The molecule has 2 N–H and O–H groups in total. The maximum atomic E-state index is 5.91. The van der Waals surface area contributed by atoms with Crippen molar-refractivity contribution in [3.8, 4) is 22.8 Å². The fraction of sp³-hybridized carbons (Fsp3) is 0.211. The highest BCUT2D eigenvalue weighted by atomic mass is 16.5. The van der Waals surface area contributed by atoms with Crippen molar-refractivity contribution in [2.24, 2.45) is 0 Å². The quantitative estimate of drug-likeness (QED) is 0.523. The number of ether oxygens (including phenoxy) is 1. The Bertz CT molecular complexity index is 1140. The van der Waals surface area contributed by atoms with E-state index in [2.05, 4.69) is 35.2 Å². The average Bonchev–Trinajstić information content (AvgIpc) is 3.17. The van der Waals surface area contributed by atoms with E-state index in [-0.39, 0.29) is 5.95 Å². The van der Waals surface area contributed by atoms with Gasteiger partial charge in [-0.2, -0.15) is 0 Å². The normalized spacial score (nSPS) is 11.0. The molecule has 0 atom stereocenters. The van der Waals surface area contributed by atoms with Gasteiger partial charge in [0.1, 0.15) is 11.4 Å². The van der Waals surface area contributed by atoms with Crippen LogP contribution in [0.4, 0.5) is 5.95 Å². The maximum Gasteiger partial charge on any atom is 0.221 e. The van der Waals surface area contributed by atoms with E-state index in [1.165, 1.54) is 0 Å². The van der Waals surface area contributed by atoms with Gasteiger partial charge in [-0.05, 0) is 25.1 Å². The zero-order chi connectivity index (χ0) is 20.2. The molecule has 146 valence electrons. The van der Waals surface area contributed by atoms with E-state index in [1.807, 2.05) is 25.1 Å². The lowest BCUT2D eigenvalue weighted by Crippen LogP contribution is -2.04. The van der Waals surface area contributed by atoms with E-state index in [9.17, 15) is 0 Å². The van der Waals surface area contributed by atoms with E-state index in [1.54, 1.807) is 36.4 Å². The minimum absolute atomic E-state index is 0.131. The van der Waals surface area contributed by atoms with Crippen LogP contribution in [0.5, 0.6) is 0 Å². The molecule has 0 radical (unpaired) electrons. The second kappa shape index (κ2) is 8.07. The molecule has 10 nitrogen and oxygen atoms in total. The van der Waals surface area contributed by atoms with Crippen LogP contribution in [-0.4, -0.2) is 47.0 Å². The summed E-state index contributed by atoms with van der Waals surface area (Å²) in [5.74, 6) is 0.131. The summed E-state index contributed by atoms with van der Waals surface area (Å²) >= 11 is 0. The number of aromatic nitrogens is 8. The number of nitrogen functional groups attached to an aromatic ring is 1. The first-order chi connectivity index (χ1) is 14.1. The molecule has 4 heterocycles. The van der Waals surface area contributed by atoms with Crippen LogP contribution >= 0.6 is 0 Å². The second-order valence-electron chi connectivity index (χ2n) is 6.34. The molecule has 0 spiro atoms.